The molecule has 0 amide bonds. The molecule has 1 rings (SSSR count). The summed E-state index contributed by atoms with van der Waals surface area (Å²) in [6.07, 6.45) is 0. The largest absolute Gasteiger partial charge is 0.0683 e. The molecule has 14 heavy (non-hydrogen) atoms. The normalized spacial score (nSPS) is 8.57. The first-order chi connectivity index (χ1) is 6.64. The van der Waals surface area contributed by atoms with Crippen LogP contribution in [0.1, 0.15) is 41.5 Å². The first-order valence-corrected chi connectivity index (χ1v) is 5.64. The average molecular weight is 194 g/mol. The highest BCUT2D eigenvalue weighted by atomic mass is 14.0. The maximum absolute atomic E-state index is 2.24. The average Bonchev–Trinajstić information content (AvgIpc) is 2.24. The molecule has 0 heteroatoms. The standard InChI is InChI=1S/C6H6.C6H14.C2H6/c1-2-4-6-5-3-1;1-5(2)6(3)4;1-2/h1-6H;5-6H,1-4H3;1-2H3. The van der Waals surface area contributed by atoms with E-state index in [1.165, 1.54) is 0 Å². The van der Waals surface area contributed by atoms with Crippen LogP contribution in [-0.4, -0.2) is 0 Å². The van der Waals surface area contributed by atoms with E-state index in [9.17, 15) is 0 Å². The van der Waals surface area contributed by atoms with Gasteiger partial charge in [-0.05, 0) is 11.8 Å². The Hall–Kier alpha value is -0.780. The molecule has 1 aromatic rings. The minimum Gasteiger partial charge on any atom is -0.0683 e. The van der Waals surface area contributed by atoms with Crippen molar-refractivity contribution < 1.29 is 0 Å². The van der Waals surface area contributed by atoms with Crippen molar-refractivity contribution in [2.75, 3.05) is 0 Å². The Balaban J connectivity index is 0. The van der Waals surface area contributed by atoms with Gasteiger partial charge >= 0.3 is 0 Å². The molecule has 0 aliphatic heterocycles. The molecule has 0 aliphatic rings. The van der Waals surface area contributed by atoms with E-state index in [0.29, 0.717) is 0 Å². The lowest BCUT2D eigenvalue weighted by Crippen LogP contribution is -1.95. The molecular formula is C14H26. The van der Waals surface area contributed by atoms with Crippen molar-refractivity contribution in [1.29, 1.82) is 0 Å². The third kappa shape index (κ3) is 13.8. The molecule has 0 nitrogen and oxygen atoms in total. The van der Waals surface area contributed by atoms with E-state index in [-0.39, 0.29) is 0 Å². The van der Waals surface area contributed by atoms with Gasteiger partial charge in [0.25, 0.3) is 0 Å². The van der Waals surface area contributed by atoms with Crippen LogP contribution in [0, 0.1) is 11.8 Å². The van der Waals surface area contributed by atoms with E-state index in [2.05, 4.69) is 27.7 Å². The van der Waals surface area contributed by atoms with Crippen LogP contribution in [0.2, 0.25) is 0 Å². The number of rotatable bonds is 1. The zero-order valence-corrected chi connectivity index (χ0v) is 10.6. The van der Waals surface area contributed by atoms with Crippen molar-refractivity contribution in [2.45, 2.75) is 41.5 Å². The van der Waals surface area contributed by atoms with Crippen LogP contribution in [0.5, 0.6) is 0 Å². The zero-order chi connectivity index (χ0) is 11.4. The van der Waals surface area contributed by atoms with Crippen molar-refractivity contribution in [1.82, 2.24) is 0 Å². The molecule has 0 atom stereocenters. The Bertz CT molecular complexity index is 130. The van der Waals surface area contributed by atoms with Crippen LogP contribution < -0.4 is 0 Å². The van der Waals surface area contributed by atoms with Crippen molar-refractivity contribution in [3.8, 4) is 0 Å². The van der Waals surface area contributed by atoms with Gasteiger partial charge in [-0.15, -0.1) is 0 Å². The van der Waals surface area contributed by atoms with Gasteiger partial charge in [0.15, 0.2) is 0 Å². The fourth-order valence-electron chi connectivity index (χ4n) is 0.385. The first kappa shape index (κ1) is 15.7. The van der Waals surface area contributed by atoms with Crippen molar-refractivity contribution in [2.24, 2.45) is 11.8 Å². The summed E-state index contributed by atoms with van der Waals surface area (Å²) >= 11 is 0. The maximum Gasteiger partial charge on any atom is -0.0448 e. The van der Waals surface area contributed by atoms with Crippen molar-refractivity contribution in [3.05, 3.63) is 36.4 Å². The van der Waals surface area contributed by atoms with Crippen molar-refractivity contribution >= 4 is 0 Å². The number of benzene rings is 1. The first-order valence-electron chi connectivity index (χ1n) is 5.64. The Kier molecular flexibility index (Phi) is 13.7. The van der Waals surface area contributed by atoms with Gasteiger partial charge in [-0.1, -0.05) is 77.9 Å². The molecule has 0 spiro atoms. The van der Waals surface area contributed by atoms with Gasteiger partial charge in [0.05, 0.1) is 0 Å². The van der Waals surface area contributed by atoms with Gasteiger partial charge in [-0.2, -0.15) is 0 Å². The summed E-state index contributed by atoms with van der Waals surface area (Å²) in [5.41, 5.74) is 0. The second-order valence-electron chi connectivity index (χ2n) is 3.64. The van der Waals surface area contributed by atoms with E-state index in [1.54, 1.807) is 0 Å². The second kappa shape index (κ2) is 12.2. The Morgan fingerprint density at radius 1 is 0.500 bits per heavy atom. The molecule has 0 aromatic heterocycles. The predicted octanol–water partition coefficient (Wildman–Crippen LogP) is 5.01. The molecule has 0 fully saturated rings. The summed E-state index contributed by atoms with van der Waals surface area (Å²) in [5.74, 6) is 1.70. The van der Waals surface area contributed by atoms with Crippen molar-refractivity contribution in [3.63, 3.8) is 0 Å². The van der Waals surface area contributed by atoms with E-state index in [4.69, 9.17) is 0 Å². The molecule has 0 saturated heterocycles. The van der Waals surface area contributed by atoms with E-state index < -0.39 is 0 Å². The number of hydrogen-bond donors (Lipinski definition) is 0. The minimum absolute atomic E-state index is 0.852. The predicted molar refractivity (Wildman–Crippen MR) is 67.5 cm³/mol. The molecule has 0 unspecified atom stereocenters. The van der Waals surface area contributed by atoms with Crippen LogP contribution in [0.15, 0.2) is 36.4 Å². The molecule has 82 valence electrons. The molecule has 0 bridgehead atoms. The lowest BCUT2D eigenvalue weighted by molar-refractivity contribution is 0.457. The molecular weight excluding hydrogens is 168 g/mol. The molecule has 0 heterocycles. The third-order valence-electron chi connectivity index (χ3n) is 2.00. The van der Waals surface area contributed by atoms with Gasteiger partial charge in [-0.25, -0.2) is 0 Å². The highest BCUT2D eigenvalue weighted by molar-refractivity contribution is 4.99. The summed E-state index contributed by atoms with van der Waals surface area (Å²) < 4.78 is 0. The third-order valence-corrected chi connectivity index (χ3v) is 2.00. The summed E-state index contributed by atoms with van der Waals surface area (Å²) in [5, 5.41) is 0. The fourth-order valence-corrected chi connectivity index (χ4v) is 0.385. The van der Waals surface area contributed by atoms with Gasteiger partial charge in [0, 0.05) is 0 Å². The maximum atomic E-state index is 2.24. The monoisotopic (exact) mass is 194 g/mol. The molecule has 0 aliphatic carbocycles. The van der Waals surface area contributed by atoms with Crippen LogP contribution in [0.4, 0.5) is 0 Å². The quantitative estimate of drug-likeness (QED) is 0.589. The van der Waals surface area contributed by atoms with Crippen LogP contribution in [-0.2, 0) is 0 Å². The summed E-state index contributed by atoms with van der Waals surface area (Å²) in [7, 11) is 0. The van der Waals surface area contributed by atoms with Crippen LogP contribution >= 0.6 is 0 Å². The number of hydrogen-bond acceptors (Lipinski definition) is 0. The smallest absolute Gasteiger partial charge is 0.0448 e. The van der Waals surface area contributed by atoms with E-state index >= 15 is 0 Å². The summed E-state index contributed by atoms with van der Waals surface area (Å²) in [4.78, 5) is 0. The Morgan fingerprint density at radius 2 is 0.643 bits per heavy atom. The van der Waals surface area contributed by atoms with Gasteiger partial charge in [0.1, 0.15) is 0 Å². The summed E-state index contributed by atoms with van der Waals surface area (Å²) in [6.45, 7) is 13.0. The van der Waals surface area contributed by atoms with Gasteiger partial charge in [-0.3, -0.25) is 0 Å². The lowest BCUT2D eigenvalue weighted by Gasteiger charge is -2.05. The summed E-state index contributed by atoms with van der Waals surface area (Å²) in [6, 6.07) is 12.0. The molecule has 1 aromatic carbocycles. The topological polar surface area (TPSA) is 0 Å². The second-order valence-corrected chi connectivity index (χ2v) is 3.64. The highest BCUT2D eigenvalue weighted by Crippen LogP contribution is 2.05. The molecule has 0 N–H and O–H groups in total. The molecule has 0 saturated carbocycles. The van der Waals surface area contributed by atoms with E-state index in [1.807, 2.05) is 50.2 Å². The van der Waals surface area contributed by atoms with Gasteiger partial charge in [0.2, 0.25) is 0 Å². The molecule has 0 radical (unpaired) electrons. The lowest BCUT2D eigenvalue weighted by atomic mass is 10.0. The van der Waals surface area contributed by atoms with Gasteiger partial charge < -0.3 is 0 Å². The van der Waals surface area contributed by atoms with Crippen LogP contribution in [0.25, 0.3) is 0 Å². The highest BCUT2D eigenvalue weighted by Gasteiger charge is 1.95. The SMILES string of the molecule is CC.CC(C)C(C)C.c1ccccc1. The zero-order valence-electron chi connectivity index (χ0n) is 10.6. The van der Waals surface area contributed by atoms with E-state index in [0.717, 1.165) is 11.8 Å². The Labute approximate surface area is 90.4 Å². The van der Waals surface area contributed by atoms with Crippen LogP contribution in [0.3, 0.4) is 0 Å². The minimum atomic E-state index is 0.852. The fraction of sp³-hybridized carbons (Fsp3) is 0.571. The Morgan fingerprint density at radius 3 is 0.714 bits per heavy atom.